The van der Waals surface area contributed by atoms with Crippen molar-refractivity contribution in [2.45, 2.75) is 77.2 Å². The summed E-state index contributed by atoms with van der Waals surface area (Å²) in [5.41, 5.74) is 1.91. The molecule has 146 valence electrons. The molecule has 3 aliphatic rings. The Hall–Kier alpha value is -1.62. The molecule has 2 fully saturated rings. The molecule has 0 spiro atoms. The largest absolute Gasteiger partial charge is 0.477 e. The van der Waals surface area contributed by atoms with Gasteiger partial charge in [-0.15, -0.1) is 11.3 Å². The van der Waals surface area contributed by atoms with Crippen LogP contribution < -0.4 is 4.90 Å². The molecule has 1 aromatic heterocycles. The normalized spacial score (nSPS) is 25.7. The van der Waals surface area contributed by atoms with E-state index in [0.717, 1.165) is 62.7 Å². The van der Waals surface area contributed by atoms with Gasteiger partial charge in [0.15, 0.2) is 0 Å². The zero-order valence-corrected chi connectivity index (χ0v) is 16.9. The van der Waals surface area contributed by atoms with Crippen LogP contribution in [0, 0.1) is 11.8 Å². The van der Waals surface area contributed by atoms with Gasteiger partial charge in [0, 0.05) is 16.8 Å². The summed E-state index contributed by atoms with van der Waals surface area (Å²) in [4.78, 5) is 28.6. The Morgan fingerprint density at radius 2 is 1.85 bits per heavy atom. The highest BCUT2D eigenvalue weighted by molar-refractivity contribution is 7.15. The molecule has 1 heterocycles. The quantitative estimate of drug-likeness (QED) is 0.702. The zero-order chi connectivity index (χ0) is 19.0. The first-order valence-electron chi connectivity index (χ1n) is 10.4. The molecule has 3 aliphatic carbocycles. The summed E-state index contributed by atoms with van der Waals surface area (Å²) in [5.74, 6) is 0.00642. The molecule has 0 aromatic carbocycles. The van der Waals surface area contributed by atoms with E-state index in [2.05, 4.69) is 13.0 Å². The minimum Gasteiger partial charge on any atom is -0.477 e. The van der Waals surface area contributed by atoms with Crippen LogP contribution in [0.15, 0.2) is 12.1 Å². The van der Waals surface area contributed by atoms with Crippen molar-refractivity contribution in [3.05, 3.63) is 21.9 Å². The van der Waals surface area contributed by atoms with Gasteiger partial charge >= 0.3 is 5.97 Å². The van der Waals surface area contributed by atoms with E-state index in [-0.39, 0.29) is 17.9 Å². The van der Waals surface area contributed by atoms with E-state index >= 15 is 0 Å². The molecule has 5 heteroatoms. The number of carbonyl (C=O) groups excluding carboxylic acids is 1. The molecule has 4 nitrogen and oxygen atoms in total. The lowest BCUT2D eigenvalue weighted by atomic mass is 9.82. The summed E-state index contributed by atoms with van der Waals surface area (Å²) in [6, 6.07) is 2.19. The van der Waals surface area contributed by atoms with Crippen molar-refractivity contribution in [3.63, 3.8) is 0 Å². The monoisotopic (exact) mass is 387 g/mol. The van der Waals surface area contributed by atoms with Crippen molar-refractivity contribution < 1.29 is 14.7 Å². The number of nitrogens with zero attached hydrogens (tertiary/aromatic N) is 1. The number of allylic oxidation sites excluding steroid dienone is 2. The average molecular weight is 388 g/mol. The number of hydrogen-bond acceptors (Lipinski definition) is 3. The summed E-state index contributed by atoms with van der Waals surface area (Å²) >= 11 is 1.35. The average Bonchev–Trinajstić information content (AvgIpc) is 3.40. The maximum absolute atomic E-state index is 13.4. The standard InChI is InChI=1S/C22H29NO3S/c1-14-7-9-16(10-8-14)21(24)23(17-11-12-17)18-13-19(27-20(18)22(25)26)15-5-3-2-4-6-15/h5,13-14,16-17H,2-4,6-12H2,1H3,(H,25,26). The molecule has 1 aromatic rings. The number of amides is 1. The van der Waals surface area contributed by atoms with Gasteiger partial charge in [-0.05, 0) is 81.8 Å². The van der Waals surface area contributed by atoms with E-state index in [0.29, 0.717) is 16.5 Å². The van der Waals surface area contributed by atoms with Gasteiger partial charge in [-0.3, -0.25) is 4.79 Å². The maximum Gasteiger partial charge on any atom is 0.348 e. The highest BCUT2D eigenvalue weighted by Gasteiger charge is 2.40. The second-order valence-corrected chi connectivity index (χ2v) is 9.55. The molecule has 0 atom stereocenters. The third-order valence-electron chi connectivity index (χ3n) is 6.29. The third kappa shape index (κ3) is 3.98. The molecular weight excluding hydrogens is 358 g/mol. The number of hydrogen-bond donors (Lipinski definition) is 1. The minimum absolute atomic E-state index is 0.0562. The number of carbonyl (C=O) groups is 2. The Balaban J connectivity index is 1.65. The fraction of sp³-hybridized carbons (Fsp3) is 0.636. The van der Waals surface area contributed by atoms with Gasteiger partial charge in [-0.2, -0.15) is 0 Å². The summed E-state index contributed by atoms with van der Waals surface area (Å²) in [6.07, 6.45) is 12.7. The number of thiophene rings is 1. The van der Waals surface area contributed by atoms with E-state index in [1.165, 1.54) is 23.3 Å². The molecule has 27 heavy (non-hydrogen) atoms. The van der Waals surface area contributed by atoms with Crippen molar-refractivity contribution in [2.75, 3.05) is 4.90 Å². The highest BCUT2D eigenvalue weighted by Crippen LogP contribution is 2.43. The second kappa shape index (κ2) is 7.78. The fourth-order valence-corrected chi connectivity index (χ4v) is 5.52. The number of rotatable bonds is 5. The van der Waals surface area contributed by atoms with Crippen LogP contribution in [-0.4, -0.2) is 23.0 Å². The fourth-order valence-electron chi connectivity index (χ4n) is 4.47. The molecule has 4 rings (SSSR count). The molecule has 2 saturated carbocycles. The topological polar surface area (TPSA) is 57.6 Å². The summed E-state index contributed by atoms with van der Waals surface area (Å²) < 4.78 is 0. The van der Waals surface area contributed by atoms with Gasteiger partial charge in [-0.25, -0.2) is 4.79 Å². The first kappa shape index (κ1) is 18.7. The number of anilines is 1. The van der Waals surface area contributed by atoms with E-state index < -0.39 is 5.97 Å². The van der Waals surface area contributed by atoms with Crippen LogP contribution in [0.25, 0.3) is 5.57 Å². The maximum atomic E-state index is 13.4. The smallest absolute Gasteiger partial charge is 0.348 e. The predicted octanol–water partition coefficient (Wildman–Crippen LogP) is 5.73. The number of carboxylic acid groups (broad SMARTS) is 1. The van der Waals surface area contributed by atoms with Crippen LogP contribution in [0.4, 0.5) is 5.69 Å². The molecule has 0 saturated heterocycles. The first-order valence-corrected chi connectivity index (χ1v) is 11.3. The van der Waals surface area contributed by atoms with Crippen molar-refractivity contribution >= 4 is 34.5 Å². The molecule has 1 N–H and O–H groups in total. The Kier molecular flexibility index (Phi) is 5.40. The van der Waals surface area contributed by atoms with Gasteiger partial charge in [0.25, 0.3) is 0 Å². The van der Waals surface area contributed by atoms with E-state index in [9.17, 15) is 14.7 Å². The van der Waals surface area contributed by atoms with Crippen molar-refractivity contribution in [2.24, 2.45) is 11.8 Å². The Morgan fingerprint density at radius 1 is 1.11 bits per heavy atom. The molecule has 0 unspecified atom stereocenters. The number of aromatic carboxylic acids is 1. The van der Waals surface area contributed by atoms with Crippen molar-refractivity contribution in [3.8, 4) is 0 Å². The van der Waals surface area contributed by atoms with E-state index in [1.54, 1.807) is 0 Å². The van der Waals surface area contributed by atoms with Crippen molar-refractivity contribution in [1.82, 2.24) is 0 Å². The van der Waals surface area contributed by atoms with Gasteiger partial charge in [0.2, 0.25) is 5.91 Å². The minimum atomic E-state index is -0.909. The van der Waals surface area contributed by atoms with Crippen molar-refractivity contribution in [1.29, 1.82) is 0 Å². The zero-order valence-electron chi connectivity index (χ0n) is 16.1. The predicted molar refractivity (Wildman–Crippen MR) is 109 cm³/mol. The molecular formula is C22H29NO3S. The Morgan fingerprint density at radius 3 is 2.44 bits per heavy atom. The highest BCUT2D eigenvalue weighted by atomic mass is 32.1. The lowest BCUT2D eigenvalue weighted by Gasteiger charge is -2.31. The summed E-state index contributed by atoms with van der Waals surface area (Å²) in [6.45, 7) is 2.25. The SMILES string of the molecule is CC1CCC(C(=O)N(c2cc(C3=CCCCC3)sc2C(=O)O)C2CC2)CC1. The Labute approximate surface area is 165 Å². The molecule has 1 amide bonds. The summed E-state index contributed by atoms with van der Waals surface area (Å²) in [7, 11) is 0. The van der Waals surface area contributed by atoms with Crippen LogP contribution in [0.3, 0.4) is 0 Å². The number of carboxylic acids is 1. The van der Waals surface area contributed by atoms with Crippen LogP contribution in [0.2, 0.25) is 0 Å². The van der Waals surface area contributed by atoms with Crippen LogP contribution in [0.1, 0.15) is 85.7 Å². The van der Waals surface area contributed by atoms with E-state index in [4.69, 9.17) is 0 Å². The Bertz CT molecular complexity index is 754. The van der Waals surface area contributed by atoms with E-state index in [1.807, 2.05) is 11.0 Å². The first-order chi connectivity index (χ1) is 13.0. The molecule has 0 aliphatic heterocycles. The van der Waals surface area contributed by atoms with Gasteiger partial charge < -0.3 is 10.0 Å². The lowest BCUT2D eigenvalue weighted by molar-refractivity contribution is -0.123. The third-order valence-corrected chi connectivity index (χ3v) is 7.48. The molecule has 0 radical (unpaired) electrons. The van der Waals surface area contributed by atoms with Crippen LogP contribution in [-0.2, 0) is 4.79 Å². The molecule has 0 bridgehead atoms. The van der Waals surface area contributed by atoms with Crippen LogP contribution >= 0.6 is 11.3 Å². The van der Waals surface area contributed by atoms with Gasteiger partial charge in [0.1, 0.15) is 4.88 Å². The lowest BCUT2D eigenvalue weighted by Crippen LogP contribution is -2.39. The summed E-state index contributed by atoms with van der Waals surface area (Å²) in [5, 5.41) is 9.81. The van der Waals surface area contributed by atoms with Gasteiger partial charge in [0.05, 0.1) is 5.69 Å². The van der Waals surface area contributed by atoms with Crippen LogP contribution in [0.5, 0.6) is 0 Å². The second-order valence-electron chi connectivity index (χ2n) is 8.50. The van der Waals surface area contributed by atoms with Gasteiger partial charge in [-0.1, -0.05) is 13.0 Å².